The van der Waals surface area contributed by atoms with Gasteiger partial charge in [-0.15, -0.1) is 0 Å². The number of benzene rings is 1. The second-order valence-corrected chi connectivity index (χ2v) is 6.94. The van der Waals surface area contributed by atoms with Crippen LogP contribution in [0.4, 0.5) is 5.95 Å². The molecule has 0 atom stereocenters. The number of hydrazine groups is 1. The summed E-state index contributed by atoms with van der Waals surface area (Å²) in [6.07, 6.45) is 0.219. The molecule has 1 fully saturated rings. The van der Waals surface area contributed by atoms with Crippen molar-refractivity contribution in [2.75, 3.05) is 31.2 Å². The lowest BCUT2D eigenvalue weighted by atomic mass is 10.1. The van der Waals surface area contributed by atoms with Crippen LogP contribution < -0.4 is 21.3 Å². The molecule has 0 unspecified atom stereocenters. The van der Waals surface area contributed by atoms with Gasteiger partial charge in [0.1, 0.15) is 0 Å². The molecule has 1 aromatic heterocycles. The third-order valence-electron chi connectivity index (χ3n) is 4.56. The number of nitrogens with one attached hydrogen (secondary N) is 3. The topological polar surface area (TPSA) is 116 Å². The quantitative estimate of drug-likeness (QED) is 0.621. The molecule has 1 aliphatic heterocycles. The lowest BCUT2D eigenvalue weighted by Gasteiger charge is -2.27. The second kappa shape index (κ2) is 9.53. The number of nitrogens with zero attached hydrogens (tertiary/aromatic N) is 2. The van der Waals surface area contributed by atoms with Crippen LogP contribution in [0.1, 0.15) is 28.0 Å². The molecular weight excluding hydrogens is 398 g/mol. The van der Waals surface area contributed by atoms with E-state index >= 15 is 0 Å². The molecule has 154 valence electrons. The molecule has 0 spiro atoms. The van der Waals surface area contributed by atoms with Crippen molar-refractivity contribution in [3.05, 3.63) is 56.5 Å². The standard InChI is InChI=1S/C19H22ClN5O4/c1-12-13(17(27)22-19(21-12)25-8-10-29-11-9-25)6-7-16(26)23-24-18(28)14-4-2-3-5-15(14)20/h2-5H,6-11H2,1H3,(H,23,26)(H,24,28)(H,21,22,27). The van der Waals surface area contributed by atoms with Crippen LogP contribution in [0.15, 0.2) is 29.1 Å². The number of anilines is 1. The molecule has 2 heterocycles. The normalized spacial score (nSPS) is 13.8. The maximum absolute atomic E-state index is 12.4. The summed E-state index contributed by atoms with van der Waals surface area (Å²) in [6, 6.07) is 6.51. The van der Waals surface area contributed by atoms with Crippen molar-refractivity contribution in [2.24, 2.45) is 0 Å². The Bertz CT molecular complexity index is 956. The number of carbonyl (C=O) groups is 2. The summed E-state index contributed by atoms with van der Waals surface area (Å²) in [5.74, 6) is -0.438. The van der Waals surface area contributed by atoms with E-state index in [-0.39, 0.29) is 29.0 Å². The smallest absolute Gasteiger partial charge is 0.271 e. The van der Waals surface area contributed by atoms with Crippen molar-refractivity contribution in [2.45, 2.75) is 19.8 Å². The maximum atomic E-state index is 12.4. The SMILES string of the molecule is Cc1nc(N2CCOCC2)[nH]c(=O)c1CCC(=O)NNC(=O)c1ccccc1Cl. The minimum atomic E-state index is -0.519. The van der Waals surface area contributed by atoms with Crippen molar-refractivity contribution in [1.29, 1.82) is 0 Å². The first-order valence-electron chi connectivity index (χ1n) is 9.22. The molecule has 10 heteroatoms. The van der Waals surface area contributed by atoms with Crippen LogP contribution in [0.25, 0.3) is 0 Å². The van der Waals surface area contributed by atoms with E-state index in [0.717, 1.165) is 0 Å². The van der Waals surface area contributed by atoms with Crippen LogP contribution in [0.2, 0.25) is 5.02 Å². The molecule has 0 radical (unpaired) electrons. The number of hydrogen-bond acceptors (Lipinski definition) is 6. The average molecular weight is 420 g/mol. The zero-order valence-electron chi connectivity index (χ0n) is 16.0. The maximum Gasteiger partial charge on any atom is 0.271 e. The van der Waals surface area contributed by atoms with E-state index < -0.39 is 11.8 Å². The van der Waals surface area contributed by atoms with E-state index in [1.165, 1.54) is 0 Å². The highest BCUT2D eigenvalue weighted by Gasteiger charge is 2.17. The van der Waals surface area contributed by atoms with E-state index in [9.17, 15) is 14.4 Å². The number of rotatable bonds is 5. The molecule has 2 amide bonds. The number of amides is 2. The third-order valence-corrected chi connectivity index (χ3v) is 4.89. The molecule has 9 nitrogen and oxygen atoms in total. The summed E-state index contributed by atoms with van der Waals surface area (Å²) in [7, 11) is 0. The first-order chi connectivity index (χ1) is 14.0. The van der Waals surface area contributed by atoms with E-state index in [4.69, 9.17) is 16.3 Å². The van der Waals surface area contributed by atoms with Gasteiger partial charge in [0, 0.05) is 30.8 Å². The minimum Gasteiger partial charge on any atom is -0.378 e. The molecule has 1 saturated heterocycles. The highest BCUT2D eigenvalue weighted by Crippen LogP contribution is 2.14. The van der Waals surface area contributed by atoms with Crippen LogP contribution >= 0.6 is 11.6 Å². The molecule has 0 bridgehead atoms. The Morgan fingerprint density at radius 1 is 1.24 bits per heavy atom. The summed E-state index contributed by atoms with van der Waals surface area (Å²) in [5, 5.41) is 0.285. The van der Waals surface area contributed by atoms with Gasteiger partial charge in [0.25, 0.3) is 11.5 Å². The highest BCUT2D eigenvalue weighted by atomic mass is 35.5. The van der Waals surface area contributed by atoms with Gasteiger partial charge in [0.2, 0.25) is 11.9 Å². The number of carbonyl (C=O) groups excluding carboxylic acids is 2. The number of morpholine rings is 1. The van der Waals surface area contributed by atoms with Gasteiger partial charge in [0.15, 0.2) is 0 Å². The first kappa shape index (κ1) is 20.8. The summed E-state index contributed by atoms with van der Waals surface area (Å²) < 4.78 is 5.30. The number of ether oxygens (including phenoxy) is 1. The lowest BCUT2D eigenvalue weighted by Crippen LogP contribution is -2.42. The first-order valence-corrected chi connectivity index (χ1v) is 9.59. The van der Waals surface area contributed by atoms with Gasteiger partial charge in [0.05, 0.1) is 23.8 Å². The Morgan fingerprint density at radius 3 is 2.66 bits per heavy atom. The van der Waals surface area contributed by atoms with Crippen LogP contribution in [0, 0.1) is 6.92 Å². The fourth-order valence-corrected chi connectivity index (χ4v) is 3.18. The molecule has 1 aliphatic rings. The monoisotopic (exact) mass is 419 g/mol. The number of aromatic nitrogens is 2. The van der Waals surface area contributed by atoms with Gasteiger partial charge in [-0.1, -0.05) is 23.7 Å². The summed E-state index contributed by atoms with van der Waals surface area (Å²) >= 11 is 5.95. The molecule has 0 aliphatic carbocycles. The summed E-state index contributed by atoms with van der Waals surface area (Å²) in [5.41, 5.74) is 5.64. The van der Waals surface area contributed by atoms with Gasteiger partial charge in [-0.05, 0) is 25.5 Å². The summed E-state index contributed by atoms with van der Waals surface area (Å²) in [6.45, 7) is 4.24. The molecular formula is C19H22ClN5O4. The van der Waals surface area contributed by atoms with Crippen molar-refractivity contribution in [3.8, 4) is 0 Å². The van der Waals surface area contributed by atoms with Gasteiger partial charge in [-0.25, -0.2) is 4.98 Å². The zero-order valence-corrected chi connectivity index (χ0v) is 16.7. The number of halogens is 1. The number of aromatic amines is 1. The van der Waals surface area contributed by atoms with Gasteiger partial charge in [-0.3, -0.25) is 30.2 Å². The Morgan fingerprint density at radius 2 is 1.97 bits per heavy atom. The van der Waals surface area contributed by atoms with Crippen LogP contribution in [0.5, 0.6) is 0 Å². The zero-order chi connectivity index (χ0) is 20.8. The Balaban J connectivity index is 1.55. The fraction of sp³-hybridized carbons (Fsp3) is 0.368. The Hall–Kier alpha value is -2.91. The molecule has 2 aromatic rings. The summed E-state index contributed by atoms with van der Waals surface area (Å²) in [4.78, 5) is 45.7. The molecule has 3 N–H and O–H groups in total. The number of hydrogen-bond donors (Lipinski definition) is 3. The third kappa shape index (κ3) is 5.33. The largest absolute Gasteiger partial charge is 0.378 e. The second-order valence-electron chi connectivity index (χ2n) is 6.54. The van der Waals surface area contributed by atoms with Gasteiger partial charge >= 0.3 is 0 Å². The van der Waals surface area contributed by atoms with Crippen LogP contribution in [-0.4, -0.2) is 48.1 Å². The van der Waals surface area contributed by atoms with Gasteiger partial charge < -0.3 is 9.64 Å². The molecule has 29 heavy (non-hydrogen) atoms. The highest BCUT2D eigenvalue weighted by molar-refractivity contribution is 6.33. The van der Waals surface area contributed by atoms with Crippen LogP contribution in [0.3, 0.4) is 0 Å². The Kier molecular flexibility index (Phi) is 6.84. The minimum absolute atomic E-state index is 0.0191. The molecule has 1 aromatic carbocycles. The molecule has 3 rings (SSSR count). The van der Waals surface area contributed by atoms with Crippen molar-refractivity contribution < 1.29 is 14.3 Å². The predicted molar refractivity (Wildman–Crippen MR) is 108 cm³/mol. The van der Waals surface area contributed by atoms with E-state index in [0.29, 0.717) is 43.5 Å². The predicted octanol–water partition coefficient (Wildman–Crippen LogP) is 0.962. The lowest BCUT2D eigenvalue weighted by molar-refractivity contribution is -0.121. The van der Waals surface area contributed by atoms with Gasteiger partial charge in [-0.2, -0.15) is 0 Å². The van der Waals surface area contributed by atoms with Crippen molar-refractivity contribution in [1.82, 2.24) is 20.8 Å². The average Bonchev–Trinajstić information content (AvgIpc) is 2.72. The number of H-pyrrole nitrogens is 1. The number of aryl methyl sites for hydroxylation is 1. The molecule has 0 saturated carbocycles. The van der Waals surface area contributed by atoms with E-state index in [1.54, 1.807) is 31.2 Å². The van der Waals surface area contributed by atoms with Crippen molar-refractivity contribution in [3.63, 3.8) is 0 Å². The van der Waals surface area contributed by atoms with E-state index in [2.05, 4.69) is 20.8 Å². The van der Waals surface area contributed by atoms with E-state index in [1.807, 2.05) is 4.90 Å². The van der Waals surface area contributed by atoms with Crippen molar-refractivity contribution >= 4 is 29.4 Å². The van der Waals surface area contributed by atoms with Crippen LogP contribution in [-0.2, 0) is 16.0 Å². The fourth-order valence-electron chi connectivity index (χ4n) is 2.96. The Labute approximate surface area is 172 Å².